The molecule has 0 atom stereocenters. The number of morpholine rings is 1. The summed E-state index contributed by atoms with van der Waals surface area (Å²) in [5, 5.41) is 7.20. The van der Waals surface area contributed by atoms with Gasteiger partial charge in [-0.3, -0.25) is 4.79 Å². The normalized spacial score (nSPS) is 14.7. The lowest BCUT2D eigenvalue weighted by Crippen LogP contribution is -2.40. The van der Waals surface area contributed by atoms with Crippen LogP contribution in [0.2, 0.25) is 0 Å². The van der Waals surface area contributed by atoms with Crippen molar-refractivity contribution >= 4 is 21.6 Å². The number of aryl methyl sites for hydroxylation is 1. The number of rotatable bonds is 7. The van der Waals surface area contributed by atoms with Gasteiger partial charge in [-0.1, -0.05) is 12.1 Å². The lowest BCUT2D eigenvalue weighted by molar-refractivity contribution is 0.0730. The largest absolute Gasteiger partial charge is 0.492 e. The number of carbonyl (C=O) groups excluding carboxylic acids is 1. The smallest absolute Gasteiger partial charge is 0.259 e. The molecule has 34 heavy (non-hydrogen) atoms. The van der Waals surface area contributed by atoms with E-state index in [1.54, 1.807) is 10.7 Å². The molecule has 180 valence electrons. The van der Waals surface area contributed by atoms with Gasteiger partial charge in [0, 0.05) is 13.1 Å². The second-order valence-electron chi connectivity index (χ2n) is 7.96. The molecule has 10 heteroatoms. The highest BCUT2D eigenvalue weighted by molar-refractivity contribution is 7.89. The van der Waals surface area contributed by atoms with Crippen LogP contribution in [0.4, 0.5) is 5.69 Å². The summed E-state index contributed by atoms with van der Waals surface area (Å²) >= 11 is 0. The molecule has 0 spiro atoms. The van der Waals surface area contributed by atoms with Crippen LogP contribution < -0.4 is 10.1 Å². The molecule has 1 fully saturated rings. The first-order valence-electron chi connectivity index (χ1n) is 11.1. The molecular weight excluding hydrogens is 456 g/mol. The van der Waals surface area contributed by atoms with E-state index >= 15 is 0 Å². The summed E-state index contributed by atoms with van der Waals surface area (Å²) in [5.74, 6) is -0.0150. The SMILES string of the molecule is CCOc1ccc(S(=O)(=O)N2CCOCC2)cc1NC(=O)c1cnn(-c2cccc(C)c2)c1C. The lowest BCUT2D eigenvalue weighted by atomic mass is 10.2. The topological polar surface area (TPSA) is 103 Å². The number of nitrogens with one attached hydrogen (secondary N) is 1. The third-order valence-electron chi connectivity index (χ3n) is 5.61. The number of hydrogen-bond acceptors (Lipinski definition) is 6. The molecular formula is C24H28N4O5S. The summed E-state index contributed by atoms with van der Waals surface area (Å²) < 4.78 is 40.2. The van der Waals surface area contributed by atoms with Crippen LogP contribution in [0, 0.1) is 13.8 Å². The molecule has 2 heterocycles. The van der Waals surface area contributed by atoms with E-state index in [9.17, 15) is 13.2 Å². The zero-order chi connectivity index (χ0) is 24.3. The van der Waals surface area contributed by atoms with Crippen molar-refractivity contribution in [3.8, 4) is 11.4 Å². The van der Waals surface area contributed by atoms with E-state index in [1.165, 1.54) is 22.6 Å². The maximum Gasteiger partial charge on any atom is 0.259 e. The zero-order valence-corrected chi connectivity index (χ0v) is 20.3. The van der Waals surface area contributed by atoms with E-state index in [-0.39, 0.29) is 23.7 Å². The Labute approximate surface area is 199 Å². The first kappa shape index (κ1) is 23.9. The van der Waals surface area contributed by atoms with Gasteiger partial charge in [0.05, 0.1) is 53.5 Å². The molecule has 1 N–H and O–H groups in total. The van der Waals surface area contributed by atoms with Gasteiger partial charge in [-0.2, -0.15) is 9.40 Å². The van der Waals surface area contributed by atoms with E-state index < -0.39 is 15.9 Å². The van der Waals surface area contributed by atoms with Crippen LogP contribution in [-0.4, -0.2) is 61.3 Å². The standard InChI is InChI=1S/C24H28N4O5S/c1-4-33-23-9-8-20(34(30,31)27-10-12-32-13-11-27)15-22(23)26-24(29)21-16-25-28(18(21)3)19-7-5-6-17(2)14-19/h5-9,14-16H,4,10-13H2,1-3H3,(H,26,29). The second-order valence-corrected chi connectivity index (χ2v) is 9.89. The Hall–Kier alpha value is -3.21. The summed E-state index contributed by atoms with van der Waals surface area (Å²) in [4.78, 5) is 13.3. The van der Waals surface area contributed by atoms with Gasteiger partial charge >= 0.3 is 0 Å². The lowest BCUT2D eigenvalue weighted by Gasteiger charge is -2.26. The number of anilines is 1. The molecule has 4 rings (SSSR count). The summed E-state index contributed by atoms with van der Waals surface area (Å²) in [7, 11) is -3.73. The summed E-state index contributed by atoms with van der Waals surface area (Å²) in [6.07, 6.45) is 1.50. The molecule has 0 aliphatic carbocycles. The summed E-state index contributed by atoms with van der Waals surface area (Å²) in [5.41, 5.74) is 3.26. The van der Waals surface area contributed by atoms with Crippen LogP contribution in [0.5, 0.6) is 5.75 Å². The Balaban J connectivity index is 1.64. The van der Waals surface area contributed by atoms with Crippen molar-refractivity contribution in [3.63, 3.8) is 0 Å². The minimum atomic E-state index is -3.73. The monoisotopic (exact) mass is 484 g/mol. The third kappa shape index (κ3) is 4.84. The number of ether oxygens (including phenoxy) is 2. The molecule has 1 aromatic heterocycles. The molecule has 3 aromatic rings. The second kappa shape index (κ2) is 9.96. The highest BCUT2D eigenvalue weighted by Gasteiger charge is 2.27. The molecule has 1 aliphatic rings. The molecule has 1 amide bonds. The molecule has 2 aromatic carbocycles. The summed E-state index contributed by atoms with van der Waals surface area (Å²) in [6, 6.07) is 12.3. The highest BCUT2D eigenvalue weighted by Crippen LogP contribution is 2.30. The quantitative estimate of drug-likeness (QED) is 0.553. The Bertz CT molecular complexity index is 1300. The first-order valence-corrected chi connectivity index (χ1v) is 12.5. The zero-order valence-electron chi connectivity index (χ0n) is 19.4. The van der Waals surface area contributed by atoms with Crippen LogP contribution in [-0.2, 0) is 14.8 Å². The van der Waals surface area contributed by atoms with Crippen molar-refractivity contribution in [2.24, 2.45) is 0 Å². The fourth-order valence-electron chi connectivity index (χ4n) is 3.83. The predicted octanol–water partition coefficient (Wildman–Crippen LogP) is 3.16. The van der Waals surface area contributed by atoms with Crippen molar-refractivity contribution < 1.29 is 22.7 Å². The van der Waals surface area contributed by atoms with Gasteiger partial charge in [-0.15, -0.1) is 0 Å². The van der Waals surface area contributed by atoms with Gasteiger partial charge in [0.25, 0.3) is 5.91 Å². The average Bonchev–Trinajstić information content (AvgIpc) is 3.22. The van der Waals surface area contributed by atoms with Crippen LogP contribution >= 0.6 is 0 Å². The average molecular weight is 485 g/mol. The number of hydrogen-bond donors (Lipinski definition) is 1. The minimum Gasteiger partial charge on any atom is -0.492 e. The number of nitrogens with zero attached hydrogens (tertiary/aromatic N) is 3. The van der Waals surface area contributed by atoms with E-state index in [0.717, 1.165) is 11.3 Å². The number of benzene rings is 2. The van der Waals surface area contributed by atoms with E-state index in [0.29, 0.717) is 36.8 Å². The van der Waals surface area contributed by atoms with E-state index in [4.69, 9.17) is 9.47 Å². The van der Waals surface area contributed by atoms with Crippen molar-refractivity contribution in [1.82, 2.24) is 14.1 Å². The minimum absolute atomic E-state index is 0.0836. The number of amides is 1. The molecule has 0 unspecified atom stereocenters. The Morgan fingerprint density at radius 2 is 1.91 bits per heavy atom. The van der Waals surface area contributed by atoms with Crippen molar-refractivity contribution in [1.29, 1.82) is 0 Å². The maximum absolute atomic E-state index is 13.2. The molecule has 1 aliphatic heterocycles. The van der Waals surface area contributed by atoms with Gasteiger partial charge in [0.1, 0.15) is 5.75 Å². The van der Waals surface area contributed by atoms with E-state index in [2.05, 4.69) is 10.4 Å². The van der Waals surface area contributed by atoms with Crippen LogP contribution in [0.3, 0.4) is 0 Å². The molecule has 0 bridgehead atoms. The maximum atomic E-state index is 13.2. The summed E-state index contributed by atoms with van der Waals surface area (Å²) in [6.45, 7) is 7.26. The van der Waals surface area contributed by atoms with Crippen molar-refractivity contribution in [3.05, 3.63) is 65.5 Å². The fourth-order valence-corrected chi connectivity index (χ4v) is 5.26. The van der Waals surface area contributed by atoms with Crippen LogP contribution in [0.1, 0.15) is 28.5 Å². The third-order valence-corrected chi connectivity index (χ3v) is 7.50. The Morgan fingerprint density at radius 1 is 1.15 bits per heavy atom. The number of sulfonamides is 1. The van der Waals surface area contributed by atoms with Gasteiger partial charge in [0.2, 0.25) is 10.0 Å². The van der Waals surface area contributed by atoms with Crippen molar-refractivity contribution in [2.75, 3.05) is 38.2 Å². The number of carbonyl (C=O) groups is 1. The van der Waals surface area contributed by atoms with Gasteiger partial charge in [-0.25, -0.2) is 13.1 Å². The first-order chi connectivity index (χ1) is 16.3. The van der Waals surface area contributed by atoms with Crippen LogP contribution in [0.15, 0.2) is 53.6 Å². The molecule has 0 saturated carbocycles. The molecule has 0 radical (unpaired) electrons. The van der Waals surface area contributed by atoms with Crippen LogP contribution in [0.25, 0.3) is 5.69 Å². The molecule has 1 saturated heterocycles. The molecule has 9 nitrogen and oxygen atoms in total. The van der Waals surface area contributed by atoms with Gasteiger partial charge in [-0.05, 0) is 56.7 Å². The predicted molar refractivity (Wildman–Crippen MR) is 128 cm³/mol. The van der Waals surface area contributed by atoms with Gasteiger partial charge < -0.3 is 14.8 Å². The Kier molecular flexibility index (Phi) is 7.01. The Morgan fingerprint density at radius 3 is 2.62 bits per heavy atom. The van der Waals surface area contributed by atoms with Crippen molar-refractivity contribution in [2.45, 2.75) is 25.7 Å². The fraction of sp³-hybridized carbons (Fsp3) is 0.333. The number of aromatic nitrogens is 2. The highest BCUT2D eigenvalue weighted by atomic mass is 32.2. The van der Waals surface area contributed by atoms with E-state index in [1.807, 2.05) is 45.0 Å². The van der Waals surface area contributed by atoms with Gasteiger partial charge in [0.15, 0.2) is 0 Å².